The van der Waals surface area contributed by atoms with Gasteiger partial charge in [0.1, 0.15) is 0 Å². The van der Waals surface area contributed by atoms with E-state index in [2.05, 4.69) is 24.1 Å². The van der Waals surface area contributed by atoms with E-state index in [1.807, 2.05) is 0 Å². The Hall–Kier alpha value is -0.0800. The molecule has 3 aliphatic rings. The Morgan fingerprint density at radius 1 is 0.950 bits per heavy atom. The number of hydrogen-bond acceptors (Lipinski definition) is 2. The molecule has 0 amide bonds. The Balaban J connectivity index is 1.58. The molecule has 3 rings (SSSR count). The normalized spacial score (nSPS) is 35.7. The minimum absolute atomic E-state index is 0.781. The molecule has 0 radical (unpaired) electrons. The van der Waals surface area contributed by atoms with Gasteiger partial charge in [-0.25, -0.2) is 0 Å². The molecule has 0 aromatic rings. The first kappa shape index (κ1) is 14.8. The van der Waals surface area contributed by atoms with Crippen LogP contribution < -0.4 is 5.32 Å². The Bertz CT molecular complexity index is 292. The van der Waals surface area contributed by atoms with Crippen molar-refractivity contribution in [3.63, 3.8) is 0 Å². The van der Waals surface area contributed by atoms with Crippen molar-refractivity contribution < 1.29 is 0 Å². The lowest BCUT2D eigenvalue weighted by molar-refractivity contribution is 0.0927. The lowest BCUT2D eigenvalue weighted by Crippen LogP contribution is -2.49. The molecule has 1 heterocycles. The molecular weight excluding hydrogens is 244 g/mol. The lowest BCUT2D eigenvalue weighted by Gasteiger charge is -2.41. The molecule has 20 heavy (non-hydrogen) atoms. The highest BCUT2D eigenvalue weighted by molar-refractivity contribution is 4.93. The van der Waals surface area contributed by atoms with Crippen molar-refractivity contribution in [3.8, 4) is 0 Å². The topological polar surface area (TPSA) is 15.3 Å². The van der Waals surface area contributed by atoms with Gasteiger partial charge in [0.05, 0.1) is 0 Å². The molecule has 3 fully saturated rings. The summed E-state index contributed by atoms with van der Waals surface area (Å²) in [5.41, 5.74) is 0. The average molecular weight is 278 g/mol. The van der Waals surface area contributed by atoms with Crippen LogP contribution in [0.25, 0.3) is 0 Å². The summed E-state index contributed by atoms with van der Waals surface area (Å²) in [6, 6.07) is 2.62. The predicted molar refractivity (Wildman–Crippen MR) is 86.0 cm³/mol. The number of nitrogens with one attached hydrogen (secondary N) is 1. The van der Waals surface area contributed by atoms with Crippen molar-refractivity contribution >= 4 is 0 Å². The van der Waals surface area contributed by atoms with Gasteiger partial charge in [-0.2, -0.15) is 0 Å². The molecule has 2 nitrogen and oxygen atoms in total. The van der Waals surface area contributed by atoms with Crippen LogP contribution in [0.1, 0.15) is 71.6 Å². The maximum atomic E-state index is 3.76. The summed E-state index contributed by atoms with van der Waals surface area (Å²) in [4.78, 5) is 2.93. The van der Waals surface area contributed by atoms with E-state index in [1.165, 1.54) is 70.9 Å². The highest BCUT2D eigenvalue weighted by Gasteiger charge is 2.37. The highest BCUT2D eigenvalue weighted by atomic mass is 15.2. The van der Waals surface area contributed by atoms with Crippen LogP contribution in [-0.4, -0.2) is 36.1 Å². The minimum atomic E-state index is 0.781. The first-order valence-corrected chi connectivity index (χ1v) is 9.23. The molecular formula is C18H34N2. The van der Waals surface area contributed by atoms with Gasteiger partial charge in [0.25, 0.3) is 0 Å². The van der Waals surface area contributed by atoms with Crippen LogP contribution in [0.4, 0.5) is 0 Å². The third-order valence-electron chi connectivity index (χ3n) is 5.96. The van der Waals surface area contributed by atoms with Gasteiger partial charge in [-0.05, 0) is 56.9 Å². The highest BCUT2D eigenvalue weighted by Crippen LogP contribution is 2.38. The zero-order chi connectivity index (χ0) is 13.9. The number of piperidine rings is 1. The van der Waals surface area contributed by atoms with Gasteiger partial charge < -0.3 is 5.32 Å². The van der Waals surface area contributed by atoms with Crippen molar-refractivity contribution in [1.29, 1.82) is 0 Å². The molecule has 2 saturated carbocycles. The van der Waals surface area contributed by atoms with Gasteiger partial charge in [-0.1, -0.05) is 33.1 Å². The van der Waals surface area contributed by atoms with E-state index < -0.39 is 0 Å². The quantitative estimate of drug-likeness (QED) is 0.822. The van der Waals surface area contributed by atoms with Crippen molar-refractivity contribution in [2.75, 3.05) is 13.1 Å². The summed E-state index contributed by atoms with van der Waals surface area (Å²) < 4.78 is 0. The zero-order valence-corrected chi connectivity index (χ0v) is 13.6. The van der Waals surface area contributed by atoms with Gasteiger partial charge in [0.2, 0.25) is 0 Å². The smallest absolute Gasteiger partial charge is 0.0195 e. The molecule has 3 unspecified atom stereocenters. The van der Waals surface area contributed by atoms with E-state index in [0.29, 0.717) is 0 Å². The van der Waals surface area contributed by atoms with Gasteiger partial charge >= 0.3 is 0 Å². The fourth-order valence-electron chi connectivity index (χ4n) is 4.44. The average Bonchev–Trinajstić information content (AvgIpc) is 3.30. The van der Waals surface area contributed by atoms with E-state index >= 15 is 0 Å². The third-order valence-corrected chi connectivity index (χ3v) is 5.96. The standard InChI is InChI=1S/C18H34N2/c1-14(2)15-6-5-8-18(12-15)20(17-9-10-17)13-16-7-3-4-11-19-16/h14-19H,3-13H2,1-2H3. The van der Waals surface area contributed by atoms with Crippen molar-refractivity contribution in [1.82, 2.24) is 10.2 Å². The Morgan fingerprint density at radius 3 is 2.45 bits per heavy atom. The number of rotatable bonds is 5. The molecule has 1 saturated heterocycles. The van der Waals surface area contributed by atoms with Gasteiger partial charge in [-0.15, -0.1) is 0 Å². The maximum absolute atomic E-state index is 3.76. The molecule has 2 aliphatic carbocycles. The molecule has 3 atom stereocenters. The first-order chi connectivity index (χ1) is 9.74. The summed E-state index contributed by atoms with van der Waals surface area (Å²) in [7, 11) is 0. The van der Waals surface area contributed by atoms with Crippen LogP contribution in [0, 0.1) is 11.8 Å². The number of nitrogens with zero attached hydrogens (tertiary/aromatic N) is 1. The van der Waals surface area contributed by atoms with Gasteiger partial charge in [0.15, 0.2) is 0 Å². The van der Waals surface area contributed by atoms with Crippen LogP contribution in [0.5, 0.6) is 0 Å². The minimum Gasteiger partial charge on any atom is -0.313 e. The SMILES string of the molecule is CC(C)C1CCCC(N(CC2CCCCN2)C2CC2)C1. The second kappa shape index (κ2) is 6.79. The van der Waals surface area contributed by atoms with Gasteiger partial charge in [-0.3, -0.25) is 4.90 Å². The van der Waals surface area contributed by atoms with E-state index in [4.69, 9.17) is 0 Å². The molecule has 2 heteroatoms. The first-order valence-electron chi connectivity index (χ1n) is 9.23. The van der Waals surface area contributed by atoms with Crippen molar-refractivity contribution in [2.24, 2.45) is 11.8 Å². The largest absolute Gasteiger partial charge is 0.313 e. The predicted octanol–water partition coefficient (Wildman–Crippen LogP) is 3.81. The van der Waals surface area contributed by atoms with Crippen LogP contribution in [0.15, 0.2) is 0 Å². The zero-order valence-electron chi connectivity index (χ0n) is 13.6. The Kier molecular flexibility index (Phi) is 5.04. The monoisotopic (exact) mass is 278 g/mol. The maximum Gasteiger partial charge on any atom is 0.0195 e. The summed E-state index contributed by atoms with van der Waals surface area (Å²) >= 11 is 0. The summed E-state index contributed by atoms with van der Waals surface area (Å²) in [5, 5.41) is 3.76. The van der Waals surface area contributed by atoms with Crippen LogP contribution in [0.3, 0.4) is 0 Å². The molecule has 0 bridgehead atoms. The van der Waals surface area contributed by atoms with E-state index in [-0.39, 0.29) is 0 Å². The van der Waals surface area contributed by atoms with Crippen LogP contribution in [-0.2, 0) is 0 Å². The molecule has 1 N–H and O–H groups in total. The van der Waals surface area contributed by atoms with E-state index in [0.717, 1.165) is 30.0 Å². The molecule has 116 valence electrons. The fourth-order valence-corrected chi connectivity index (χ4v) is 4.44. The lowest BCUT2D eigenvalue weighted by atomic mass is 9.78. The molecule has 0 spiro atoms. The second-order valence-corrected chi connectivity index (χ2v) is 7.90. The molecule has 0 aromatic carbocycles. The van der Waals surface area contributed by atoms with Gasteiger partial charge in [0, 0.05) is 24.7 Å². The molecule has 1 aliphatic heterocycles. The van der Waals surface area contributed by atoms with E-state index in [1.54, 1.807) is 0 Å². The summed E-state index contributed by atoms with van der Waals surface area (Å²) in [5.74, 6) is 1.86. The molecule has 0 aromatic heterocycles. The summed E-state index contributed by atoms with van der Waals surface area (Å²) in [6.07, 6.45) is 13.1. The van der Waals surface area contributed by atoms with Crippen LogP contribution >= 0.6 is 0 Å². The second-order valence-electron chi connectivity index (χ2n) is 7.90. The van der Waals surface area contributed by atoms with E-state index in [9.17, 15) is 0 Å². The fraction of sp³-hybridized carbons (Fsp3) is 1.00. The Morgan fingerprint density at radius 2 is 1.80 bits per heavy atom. The third kappa shape index (κ3) is 3.76. The van der Waals surface area contributed by atoms with Crippen molar-refractivity contribution in [3.05, 3.63) is 0 Å². The van der Waals surface area contributed by atoms with Crippen LogP contribution in [0.2, 0.25) is 0 Å². The summed E-state index contributed by atoms with van der Waals surface area (Å²) in [6.45, 7) is 7.44. The number of hydrogen-bond donors (Lipinski definition) is 1. The van der Waals surface area contributed by atoms with Crippen molar-refractivity contribution in [2.45, 2.75) is 89.8 Å². The Labute approximate surface area is 125 Å².